The number of nitrogens with two attached hydrogens (primary N) is 1. The molecule has 1 heterocycles. The molecule has 0 aliphatic carbocycles. The van der Waals surface area contributed by atoms with Gasteiger partial charge in [-0.1, -0.05) is 18.5 Å². The van der Waals surface area contributed by atoms with Crippen LogP contribution in [0.5, 0.6) is 5.75 Å². The average Bonchev–Trinajstić information content (AvgIpc) is 2.80. The van der Waals surface area contributed by atoms with Crippen molar-refractivity contribution in [1.82, 2.24) is 4.57 Å². The highest BCUT2D eigenvalue weighted by Gasteiger charge is 2.23. The number of nitrogens with zero attached hydrogens (tertiary/aromatic N) is 2. The van der Waals surface area contributed by atoms with Gasteiger partial charge in [0.2, 0.25) is 5.91 Å². The number of pyridine rings is 1. The minimum absolute atomic E-state index is 0.0974. The number of aromatic nitrogens is 1. The monoisotopic (exact) mass is 482 g/mol. The summed E-state index contributed by atoms with van der Waals surface area (Å²) in [6.07, 6.45) is 1.61. The van der Waals surface area contributed by atoms with Gasteiger partial charge in [0.1, 0.15) is 17.6 Å². The number of primary amides is 1. The van der Waals surface area contributed by atoms with E-state index in [4.69, 9.17) is 22.1 Å². The van der Waals surface area contributed by atoms with Crippen LogP contribution in [0.3, 0.4) is 0 Å². The molecule has 34 heavy (non-hydrogen) atoms. The molecule has 8 nitrogen and oxygen atoms in total. The minimum Gasteiger partial charge on any atom is -0.495 e. The molecule has 1 unspecified atom stereocenters. The first-order chi connectivity index (χ1) is 16.2. The van der Waals surface area contributed by atoms with Gasteiger partial charge >= 0.3 is 0 Å². The van der Waals surface area contributed by atoms with Gasteiger partial charge in [-0.25, -0.2) is 4.39 Å². The second kappa shape index (κ2) is 10.2. The molecule has 0 spiro atoms. The number of amides is 2. The molecule has 3 N–H and O–H groups in total. The Balaban J connectivity index is 2.00. The predicted molar refractivity (Wildman–Crippen MR) is 125 cm³/mol. The van der Waals surface area contributed by atoms with E-state index in [0.29, 0.717) is 21.7 Å². The number of rotatable bonds is 7. The molecule has 10 heteroatoms. The summed E-state index contributed by atoms with van der Waals surface area (Å²) in [4.78, 5) is 37.1. The Hall–Kier alpha value is -4.16. The van der Waals surface area contributed by atoms with Gasteiger partial charge in [0.15, 0.2) is 0 Å². The van der Waals surface area contributed by atoms with Crippen LogP contribution in [0.15, 0.2) is 53.5 Å². The molecule has 1 atom stereocenters. The van der Waals surface area contributed by atoms with Gasteiger partial charge in [-0.3, -0.25) is 19.0 Å². The topological polar surface area (TPSA) is 127 Å². The number of carbonyl (C=O) groups is 2. The lowest BCUT2D eigenvalue weighted by molar-refractivity contribution is -0.119. The summed E-state index contributed by atoms with van der Waals surface area (Å²) in [6.45, 7) is 1.71. The standard InChI is InChI=1S/C24H20ClFN4O4/c1-3-20(24(33)29-15-6-7-16(23(28)32)19(26)9-15)30-12-21(34-2)18(10-22(30)31)17-8-14(25)5-4-13(17)11-27/h4-10,12,20H,3H2,1-2H3,(H2,28,32)(H,29,33). The molecule has 0 aliphatic rings. The lowest BCUT2D eigenvalue weighted by Gasteiger charge is -2.20. The van der Waals surface area contributed by atoms with E-state index in [1.54, 1.807) is 19.1 Å². The Morgan fingerprint density at radius 3 is 2.56 bits per heavy atom. The van der Waals surface area contributed by atoms with E-state index in [9.17, 15) is 24.0 Å². The fourth-order valence-corrected chi connectivity index (χ4v) is 3.68. The number of nitriles is 1. The second-order valence-corrected chi connectivity index (χ2v) is 7.71. The Labute approximate surface area is 199 Å². The molecular weight excluding hydrogens is 463 g/mol. The molecular formula is C24H20ClFN4O4. The van der Waals surface area contributed by atoms with Crippen LogP contribution in [0.25, 0.3) is 11.1 Å². The van der Waals surface area contributed by atoms with Crippen molar-refractivity contribution < 1.29 is 18.7 Å². The lowest BCUT2D eigenvalue weighted by atomic mass is 10.00. The zero-order chi connectivity index (χ0) is 25.0. The molecule has 0 radical (unpaired) electrons. The summed E-state index contributed by atoms with van der Waals surface area (Å²) >= 11 is 6.08. The van der Waals surface area contributed by atoms with Gasteiger partial charge < -0.3 is 15.8 Å². The van der Waals surface area contributed by atoms with Gasteiger partial charge in [-0.15, -0.1) is 0 Å². The number of halogens is 2. The van der Waals surface area contributed by atoms with E-state index < -0.39 is 29.2 Å². The van der Waals surface area contributed by atoms with E-state index >= 15 is 0 Å². The number of benzene rings is 2. The van der Waals surface area contributed by atoms with Crippen LogP contribution in [0.4, 0.5) is 10.1 Å². The van der Waals surface area contributed by atoms with Crippen molar-refractivity contribution >= 4 is 29.1 Å². The normalized spacial score (nSPS) is 11.4. The number of ether oxygens (including phenoxy) is 1. The van der Waals surface area contributed by atoms with Gasteiger partial charge in [0.25, 0.3) is 11.5 Å². The Bertz CT molecular complexity index is 1380. The number of carbonyl (C=O) groups excluding carboxylic acids is 2. The first-order valence-corrected chi connectivity index (χ1v) is 10.5. The maximum absolute atomic E-state index is 14.1. The van der Waals surface area contributed by atoms with Crippen LogP contribution < -0.4 is 21.3 Å². The molecule has 174 valence electrons. The minimum atomic E-state index is -0.955. The van der Waals surface area contributed by atoms with Crippen LogP contribution in [0, 0.1) is 17.1 Å². The summed E-state index contributed by atoms with van der Waals surface area (Å²) in [5.74, 6) is -2.14. The molecule has 2 amide bonds. The Kier molecular flexibility index (Phi) is 7.34. The smallest absolute Gasteiger partial charge is 0.252 e. The molecule has 0 fully saturated rings. The van der Waals surface area contributed by atoms with Crippen LogP contribution >= 0.6 is 11.6 Å². The van der Waals surface area contributed by atoms with E-state index in [0.717, 1.165) is 12.1 Å². The maximum atomic E-state index is 14.1. The van der Waals surface area contributed by atoms with Crippen molar-refractivity contribution in [3.63, 3.8) is 0 Å². The molecule has 0 saturated carbocycles. The van der Waals surface area contributed by atoms with Crippen molar-refractivity contribution in [3.05, 3.63) is 81.0 Å². The fraction of sp³-hybridized carbons (Fsp3) is 0.167. The average molecular weight is 483 g/mol. The molecule has 3 aromatic rings. The number of anilines is 1. The van der Waals surface area contributed by atoms with E-state index in [2.05, 4.69) is 11.4 Å². The highest BCUT2D eigenvalue weighted by atomic mass is 35.5. The molecule has 2 aromatic carbocycles. The van der Waals surface area contributed by atoms with Gasteiger partial charge in [0.05, 0.1) is 30.5 Å². The van der Waals surface area contributed by atoms with Crippen LogP contribution in [0.1, 0.15) is 35.3 Å². The summed E-state index contributed by atoms with van der Waals surface area (Å²) in [7, 11) is 1.40. The maximum Gasteiger partial charge on any atom is 0.252 e. The zero-order valence-corrected chi connectivity index (χ0v) is 19.0. The molecule has 0 saturated heterocycles. The van der Waals surface area contributed by atoms with Crippen LogP contribution in [0.2, 0.25) is 5.02 Å². The van der Waals surface area contributed by atoms with E-state index in [-0.39, 0.29) is 23.4 Å². The van der Waals surface area contributed by atoms with E-state index in [1.165, 1.54) is 36.1 Å². The molecule has 1 aromatic heterocycles. The molecule has 0 bridgehead atoms. The van der Waals surface area contributed by atoms with Gasteiger partial charge in [0, 0.05) is 27.9 Å². The predicted octanol–water partition coefficient (Wildman–Crippen LogP) is 3.88. The lowest BCUT2D eigenvalue weighted by Crippen LogP contribution is -2.32. The Morgan fingerprint density at radius 2 is 1.97 bits per heavy atom. The SMILES string of the molecule is CCC(C(=O)Nc1ccc(C(N)=O)c(F)c1)n1cc(OC)c(-c2cc(Cl)ccc2C#N)cc1=O. The highest BCUT2D eigenvalue weighted by Crippen LogP contribution is 2.33. The third kappa shape index (κ3) is 4.92. The summed E-state index contributed by atoms with van der Waals surface area (Å²) in [6, 6.07) is 10.5. The molecule has 0 aliphatic heterocycles. The van der Waals surface area contributed by atoms with Crippen LogP contribution in [-0.4, -0.2) is 23.5 Å². The largest absolute Gasteiger partial charge is 0.495 e. The third-order valence-electron chi connectivity index (χ3n) is 5.18. The Morgan fingerprint density at radius 1 is 1.24 bits per heavy atom. The van der Waals surface area contributed by atoms with Crippen molar-refractivity contribution in [1.29, 1.82) is 5.26 Å². The summed E-state index contributed by atoms with van der Waals surface area (Å²) in [5, 5.41) is 12.4. The van der Waals surface area contributed by atoms with Crippen molar-refractivity contribution in [3.8, 4) is 22.9 Å². The number of methoxy groups -OCH3 is 1. The fourth-order valence-electron chi connectivity index (χ4n) is 3.51. The number of nitrogens with one attached hydrogen (secondary N) is 1. The van der Waals surface area contributed by atoms with Crippen molar-refractivity contribution in [2.45, 2.75) is 19.4 Å². The third-order valence-corrected chi connectivity index (χ3v) is 5.42. The van der Waals surface area contributed by atoms with Gasteiger partial charge in [-0.05, 0) is 42.8 Å². The molecule has 3 rings (SSSR count). The first kappa shape index (κ1) is 24.5. The summed E-state index contributed by atoms with van der Waals surface area (Å²) in [5.41, 5.74) is 5.43. The van der Waals surface area contributed by atoms with E-state index in [1.807, 2.05) is 0 Å². The number of hydrogen-bond donors (Lipinski definition) is 2. The van der Waals surface area contributed by atoms with Crippen molar-refractivity contribution in [2.24, 2.45) is 5.73 Å². The van der Waals surface area contributed by atoms with Crippen LogP contribution in [-0.2, 0) is 4.79 Å². The first-order valence-electron chi connectivity index (χ1n) is 10.1. The zero-order valence-electron chi connectivity index (χ0n) is 18.3. The number of hydrogen-bond acceptors (Lipinski definition) is 5. The summed E-state index contributed by atoms with van der Waals surface area (Å²) < 4.78 is 20.7. The van der Waals surface area contributed by atoms with Crippen molar-refractivity contribution in [2.75, 3.05) is 12.4 Å². The quantitative estimate of drug-likeness (QED) is 0.528. The highest BCUT2D eigenvalue weighted by molar-refractivity contribution is 6.31. The second-order valence-electron chi connectivity index (χ2n) is 7.27. The van der Waals surface area contributed by atoms with Gasteiger partial charge in [-0.2, -0.15) is 5.26 Å².